The van der Waals surface area contributed by atoms with Crippen LogP contribution in [0.3, 0.4) is 0 Å². The van der Waals surface area contributed by atoms with Crippen LogP contribution in [0.25, 0.3) is 0 Å². The molecule has 0 unspecified atom stereocenters. The topological polar surface area (TPSA) is 32.3 Å². The molecule has 102 valence electrons. The fourth-order valence-electron chi connectivity index (χ4n) is 1.98. The van der Waals surface area contributed by atoms with Crippen LogP contribution in [0, 0.1) is 12.7 Å². The quantitative estimate of drug-likeness (QED) is 0.866. The SMILES string of the molecule is CSCC[C@@H]1NC(=S)N(c2ccc(C)cc2F)C1=O. The zero-order valence-corrected chi connectivity index (χ0v) is 12.4. The number of carbonyl (C=O) groups is 1. The first kappa shape index (κ1) is 14.3. The van der Waals surface area contributed by atoms with Gasteiger partial charge in [0, 0.05) is 0 Å². The molecule has 1 atom stereocenters. The van der Waals surface area contributed by atoms with Crippen molar-refractivity contribution in [3.63, 3.8) is 0 Å². The van der Waals surface area contributed by atoms with Gasteiger partial charge in [-0.1, -0.05) is 6.07 Å². The van der Waals surface area contributed by atoms with Crippen LogP contribution in [0.5, 0.6) is 0 Å². The Morgan fingerprint density at radius 2 is 2.26 bits per heavy atom. The molecule has 19 heavy (non-hydrogen) atoms. The van der Waals surface area contributed by atoms with E-state index in [-0.39, 0.29) is 22.7 Å². The predicted molar refractivity (Wildman–Crippen MR) is 81.1 cm³/mol. The summed E-state index contributed by atoms with van der Waals surface area (Å²) in [6.45, 7) is 1.80. The van der Waals surface area contributed by atoms with Gasteiger partial charge in [-0.3, -0.25) is 9.69 Å². The van der Waals surface area contributed by atoms with Crippen LogP contribution in [0.15, 0.2) is 18.2 Å². The molecule has 6 heteroatoms. The minimum absolute atomic E-state index is 0.179. The summed E-state index contributed by atoms with van der Waals surface area (Å²) in [5, 5.41) is 3.23. The number of anilines is 1. The van der Waals surface area contributed by atoms with E-state index in [1.807, 2.05) is 6.26 Å². The average Bonchev–Trinajstić information content (AvgIpc) is 2.63. The van der Waals surface area contributed by atoms with Gasteiger partial charge >= 0.3 is 0 Å². The monoisotopic (exact) mass is 298 g/mol. The fraction of sp³-hybridized carbons (Fsp3) is 0.385. The molecular formula is C13H15FN2OS2. The highest BCUT2D eigenvalue weighted by atomic mass is 32.2. The molecule has 1 aromatic carbocycles. The molecule has 1 aromatic rings. The summed E-state index contributed by atoms with van der Waals surface area (Å²) in [6.07, 6.45) is 2.67. The number of rotatable bonds is 4. The Bertz CT molecular complexity index is 521. The number of hydrogen-bond donors (Lipinski definition) is 1. The highest BCUT2D eigenvalue weighted by Crippen LogP contribution is 2.25. The molecule has 1 amide bonds. The number of aryl methyl sites for hydroxylation is 1. The minimum atomic E-state index is -0.428. The van der Waals surface area contributed by atoms with E-state index in [9.17, 15) is 9.18 Å². The third-order valence-corrected chi connectivity index (χ3v) is 3.92. The maximum absolute atomic E-state index is 13.9. The standard InChI is InChI=1S/C13H15FN2OS2/c1-8-3-4-11(9(14)7-8)16-12(17)10(5-6-19-2)15-13(16)18/h3-4,7,10H,5-6H2,1-2H3,(H,15,18)/t10-/m0/s1. The molecule has 1 fully saturated rings. The van der Waals surface area contributed by atoms with Gasteiger partial charge in [0.15, 0.2) is 5.11 Å². The highest BCUT2D eigenvalue weighted by Gasteiger charge is 2.37. The number of thioether (sulfide) groups is 1. The number of benzene rings is 1. The van der Waals surface area contributed by atoms with Gasteiger partial charge in [0.25, 0.3) is 5.91 Å². The largest absolute Gasteiger partial charge is 0.350 e. The summed E-state index contributed by atoms with van der Waals surface area (Å²) in [5.41, 5.74) is 1.03. The van der Waals surface area contributed by atoms with E-state index in [1.165, 1.54) is 11.0 Å². The van der Waals surface area contributed by atoms with Crippen molar-refractivity contribution in [1.82, 2.24) is 5.32 Å². The van der Waals surface area contributed by atoms with Crippen molar-refractivity contribution < 1.29 is 9.18 Å². The van der Waals surface area contributed by atoms with E-state index in [0.29, 0.717) is 6.42 Å². The van der Waals surface area contributed by atoms with Gasteiger partial charge in [0.2, 0.25) is 0 Å². The molecule has 2 rings (SSSR count). The molecule has 1 aliphatic heterocycles. The Balaban J connectivity index is 2.25. The molecule has 0 bridgehead atoms. The van der Waals surface area contributed by atoms with E-state index in [2.05, 4.69) is 5.32 Å². The molecule has 0 aromatic heterocycles. The van der Waals surface area contributed by atoms with Crippen LogP contribution in [-0.4, -0.2) is 29.1 Å². The van der Waals surface area contributed by atoms with Gasteiger partial charge in [0.1, 0.15) is 11.9 Å². The zero-order valence-electron chi connectivity index (χ0n) is 10.8. The normalized spacial score (nSPS) is 18.9. The lowest BCUT2D eigenvalue weighted by Gasteiger charge is -2.16. The summed E-state index contributed by atoms with van der Waals surface area (Å²) in [5.74, 6) is 0.251. The molecule has 1 N–H and O–H groups in total. The molecule has 0 saturated carbocycles. The van der Waals surface area contributed by atoms with E-state index in [1.54, 1.807) is 30.8 Å². The first-order chi connectivity index (χ1) is 9.04. The van der Waals surface area contributed by atoms with Crippen molar-refractivity contribution in [1.29, 1.82) is 0 Å². The van der Waals surface area contributed by atoms with Gasteiger partial charge in [-0.05, 0) is 55.3 Å². The summed E-state index contributed by atoms with van der Waals surface area (Å²) in [6, 6.07) is 4.41. The lowest BCUT2D eigenvalue weighted by molar-refractivity contribution is -0.118. The molecular weight excluding hydrogens is 283 g/mol. The average molecular weight is 298 g/mol. The van der Waals surface area contributed by atoms with E-state index in [4.69, 9.17) is 12.2 Å². The number of nitrogens with one attached hydrogen (secondary N) is 1. The number of hydrogen-bond acceptors (Lipinski definition) is 3. The second-order valence-corrected chi connectivity index (χ2v) is 5.78. The van der Waals surface area contributed by atoms with Gasteiger partial charge in [-0.25, -0.2) is 4.39 Å². The summed E-state index contributed by atoms with van der Waals surface area (Å²) >= 11 is 6.81. The van der Waals surface area contributed by atoms with Crippen molar-refractivity contribution >= 4 is 40.7 Å². The predicted octanol–water partition coefficient (Wildman–Crippen LogP) is 2.48. The van der Waals surface area contributed by atoms with Gasteiger partial charge in [-0.2, -0.15) is 11.8 Å². The Morgan fingerprint density at radius 3 is 2.89 bits per heavy atom. The first-order valence-corrected chi connectivity index (χ1v) is 7.74. The number of nitrogens with zero attached hydrogens (tertiary/aromatic N) is 1. The highest BCUT2D eigenvalue weighted by molar-refractivity contribution is 7.98. The van der Waals surface area contributed by atoms with E-state index < -0.39 is 5.82 Å². The van der Waals surface area contributed by atoms with Crippen molar-refractivity contribution in [2.45, 2.75) is 19.4 Å². The van der Waals surface area contributed by atoms with Gasteiger partial charge in [0.05, 0.1) is 5.69 Å². The number of amides is 1. The Kier molecular flexibility index (Phi) is 4.42. The van der Waals surface area contributed by atoms with Gasteiger partial charge < -0.3 is 5.32 Å². The molecule has 1 saturated heterocycles. The zero-order chi connectivity index (χ0) is 14.0. The van der Waals surface area contributed by atoms with Crippen LogP contribution in [-0.2, 0) is 4.79 Å². The number of halogens is 1. The van der Waals surface area contributed by atoms with Crippen LogP contribution in [0.1, 0.15) is 12.0 Å². The minimum Gasteiger partial charge on any atom is -0.350 e. The third-order valence-electron chi connectivity index (χ3n) is 2.97. The van der Waals surface area contributed by atoms with Gasteiger partial charge in [-0.15, -0.1) is 0 Å². The van der Waals surface area contributed by atoms with Crippen molar-refractivity contribution in [2.24, 2.45) is 0 Å². The number of thiocarbonyl (C=S) groups is 1. The lowest BCUT2D eigenvalue weighted by Crippen LogP contribution is -2.32. The Morgan fingerprint density at radius 1 is 1.53 bits per heavy atom. The summed E-state index contributed by atoms with van der Waals surface area (Å²) in [7, 11) is 0. The van der Waals surface area contributed by atoms with E-state index >= 15 is 0 Å². The van der Waals surface area contributed by atoms with Crippen molar-refractivity contribution in [3.05, 3.63) is 29.6 Å². The molecule has 0 radical (unpaired) electrons. The molecule has 0 spiro atoms. The molecule has 1 aliphatic rings. The van der Waals surface area contributed by atoms with Crippen LogP contribution < -0.4 is 10.2 Å². The van der Waals surface area contributed by atoms with Crippen molar-refractivity contribution in [3.8, 4) is 0 Å². The number of carbonyl (C=O) groups excluding carboxylic acids is 1. The summed E-state index contributed by atoms with van der Waals surface area (Å²) < 4.78 is 13.9. The summed E-state index contributed by atoms with van der Waals surface area (Å²) in [4.78, 5) is 13.5. The second-order valence-electron chi connectivity index (χ2n) is 4.41. The fourth-order valence-corrected chi connectivity index (χ4v) is 2.79. The Labute approximate surface area is 121 Å². The molecule has 3 nitrogen and oxygen atoms in total. The van der Waals surface area contributed by atoms with Crippen LogP contribution in [0.2, 0.25) is 0 Å². The maximum Gasteiger partial charge on any atom is 0.255 e. The molecule has 1 heterocycles. The van der Waals surface area contributed by atoms with Crippen molar-refractivity contribution in [2.75, 3.05) is 16.9 Å². The smallest absolute Gasteiger partial charge is 0.255 e. The van der Waals surface area contributed by atoms with Crippen LogP contribution >= 0.6 is 24.0 Å². The van der Waals surface area contributed by atoms with E-state index in [0.717, 1.165) is 11.3 Å². The maximum atomic E-state index is 13.9. The first-order valence-electron chi connectivity index (χ1n) is 5.94. The second kappa shape index (κ2) is 5.88. The lowest BCUT2D eigenvalue weighted by atomic mass is 10.2. The Hall–Kier alpha value is -1.14. The molecule has 0 aliphatic carbocycles. The third kappa shape index (κ3) is 2.90. The van der Waals surface area contributed by atoms with Crippen LogP contribution in [0.4, 0.5) is 10.1 Å².